The molecule has 0 aromatic heterocycles. The number of ether oxygens (including phenoxy) is 1. The minimum absolute atomic E-state index is 0.0183. The van der Waals surface area contributed by atoms with Gasteiger partial charge in [0.25, 0.3) is 5.91 Å². The van der Waals surface area contributed by atoms with E-state index in [1.165, 1.54) is 24.3 Å². The number of carbonyl (C=O) groups is 2. The molecule has 0 saturated carbocycles. The first-order valence-corrected chi connectivity index (χ1v) is 12.3. The summed E-state index contributed by atoms with van der Waals surface area (Å²) >= 11 is 0. The van der Waals surface area contributed by atoms with Crippen LogP contribution in [0.25, 0.3) is 0 Å². The van der Waals surface area contributed by atoms with Gasteiger partial charge in [0.2, 0.25) is 5.91 Å². The van der Waals surface area contributed by atoms with Gasteiger partial charge in [-0.15, -0.1) is 0 Å². The third-order valence-electron chi connectivity index (χ3n) is 6.05. The van der Waals surface area contributed by atoms with Crippen molar-refractivity contribution in [1.29, 1.82) is 0 Å². The standard InChI is InChI=1S/C29H32F2N2O4/c30-25-14-5-12-23(18-25)28(24-13-6-15-26(31)19-24)37-20-21(8-4-16-27(34)33-36)9-7-17-32-29(35)22-10-2-1-3-11-22/h1-3,5-6,10-15,18-19,21,28,36H,4,7-9,16-17,20H2,(H,32,35)(H,33,34). The Morgan fingerprint density at radius 3 is 2.05 bits per heavy atom. The average molecular weight is 511 g/mol. The van der Waals surface area contributed by atoms with Gasteiger partial charge in [-0.05, 0) is 79.1 Å². The summed E-state index contributed by atoms with van der Waals surface area (Å²) in [6, 6.07) is 21.0. The van der Waals surface area contributed by atoms with Crippen LogP contribution in [0.2, 0.25) is 0 Å². The van der Waals surface area contributed by atoms with Gasteiger partial charge in [0.15, 0.2) is 0 Å². The molecule has 3 rings (SSSR count). The largest absolute Gasteiger partial charge is 0.368 e. The van der Waals surface area contributed by atoms with E-state index in [1.54, 1.807) is 54.0 Å². The highest BCUT2D eigenvalue weighted by atomic mass is 19.1. The fraction of sp³-hybridized carbons (Fsp3) is 0.310. The zero-order chi connectivity index (χ0) is 26.5. The Balaban J connectivity index is 1.64. The number of hydrogen-bond acceptors (Lipinski definition) is 4. The third kappa shape index (κ3) is 9.40. The van der Waals surface area contributed by atoms with Gasteiger partial charge in [0, 0.05) is 18.5 Å². The molecule has 2 amide bonds. The Kier molecular flexibility index (Phi) is 11.2. The van der Waals surface area contributed by atoms with Crippen LogP contribution >= 0.6 is 0 Å². The van der Waals surface area contributed by atoms with Crippen LogP contribution in [0, 0.1) is 17.6 Å². The van der Waals surface area contributed by atoms with Crippen molar-refractivity contribution < 1.29 is 28.3 Å². The summed E-state index contributed by atoms with van der Waals surface area (Å²) < 4.78 is 34.2. The van der Waals surface area contributed by atoms with Crippen molar-refractivity contribution in [2.45, 2.75) is 38.2 Å². The lowest BCUT2D eigenvalue weighted by molar-refractivity contribution is -0.129. The van der Waals surface area contributed by atoms with Crippen molar-refractivity contribution in [2.24, 2.45) is 5.92 Å². The zero-order valence-electron chi connectivity index (χ0n) is 20.5. The normalized spacial score (nSPS) is 11.8. The molecule has 0 aliphatic carbocycles. The molecular weight excluding hydrogens is 478 g/mol. The topological polar surface area (TPSA) is 87.7 Å². The lowest BCUT2D eigenvalue weighted by Crippen LogP contribution is -2.25. The maximum atomic E-state index is 14.0. The molecule has 0 saturated heterocycles. The lowest BCUT2D eigenvalue weighted by atomic mass is 9.96. The van der Waals surface area contributed by atoms with Gasteiger partial charge in [-0.3, -0.25) is 14.8 Å². The maximum Gasteiger partial charge on any atom is 0.251 e. The highest BCUT2D eigenvalue weighted by Crippen LogP contribution is 2.29. The number of hydrogen-bond donors (Lipinski definition) is 3. The number of carbonyl (C=O) groups excluding carboxylic acids is 2. The van der Waals surface area contributed by atoms with E-state index in [1.807, 2.05) is 6.07 Å². The Hall–Kier alpha value is -3.62. The van der Waals surface area contributed by atoms with Crippen molar-refractivity contribution in [3.63, 3.8) is 0 Å². The van der Waals surface area contributed by atoms with E-state index in [9.17, 15) is 18.4 Å². The van der Waals surface area contributed by atoms with Crippen molar-refractivity contribution >= 4 is 11.8 Å². The smallest absolute Gasteiger partial charge is 0.251 e. The van der Waals surface area contributed by atoms with Crippen molar-refractivity contribution in [3.05, 3.63) is 107 Å². The maximum absolute atomic E-state index is 14.0. The van der Waals surface area contributed by atoms with Crippen LogP contribution in [0.15, 0.2) is 78.9 Å². The van der Waals surface area contributed by atoms with E-state index in [-0.39, 0.29) is 24.9 Å². The van der Waals surface area contributed by atoms with Crippen molar-refractivity contribution in [2.75, 3.05) is 13.2 Å². The van der Waals surface area contributed by atoms with Crippen LogP contribution in [0.5, 0.6) is 0 Å². The predicted octanol–water partition coefficient (Wildman–Crippen LogP) is 5.57. The zero-order valence-corrected chi connectivity index (χ0v) is 20.5. The molecule has 1 unspecified atom stereocenters. The summed E-state index contributed by atoms with van der Waals surface area (Å²) in [7, 11) is 0. The van der Waals surface area contributed by atoms with Gasteiger partial charge in [0.1, 0.15) is 17.7 Å². The first-order valence-electron chi connectivity index (χ1n) is 12.3. The Morgan fingerprint density at radius 1 is 0.838 bits per heavy atom. The molecule has 0 bridgehead atoms. The summed E-state index contributed by atoms with van der Waals surface area (Å²) in [5, 5.41) is 11.7. The van der Waals surface area contributed by atoms with Gasteiger partial charge in [-0.25, -0.2) is 14.3 Å². The Bertz CT molecular complexity index is 1100. The molecule has 196 valence electrons. The fourth-order valence-corrected chi connectivity index (χ4v) is 4.16. The van der Waals surface area contributed by atoms with Gasteiger partial charge in [-0.2, -0.15) is 0 Å². The van der Waals surface area contributed by atoms with Gasteiger partial charge in [0.05, 0.1) is 6.61 Å². The number of nitrogens with one attached hydrogen (secondary N) is 2. The molecule has 0 radical (unpaired) electrons. The summed E-state index contributed by atoms with van der Waals surface area (Å²) in [4.78, 5) is 23.7. The van der Waals surface area contributed by atoms with E-state index < -0.39 is 23.6 Å². The summed E-state index contributed by atoms with van der Waals surface area (Å²) in [6.07, 6.45) is 2.04. The molecule has 3 N–H and O–H groups in total. The fourth-order valence-electron chi connectivity index (χ4n) is 4.16. The molecule has 6 nitrogen and oxygen atoms in total. The second-order valence-electron chi connectivity index (χ2n) is 8.88. The first-order chi connectivity index (χ1) is 18.0. The van der Waals surface area contributed by atoms with Crippen LogP contribution in [0.4, 0.5) is 8.78 Å². The Morgan fingerprint density at radius 2 is 1.46 bits per heavy atom. The second kappa shape index (κ2) is 14.8. The van der Waals surface area contributed by atoms with E-state index in [4.69, 9.17) is 9.94 Å². The Labute approximate surface area is 215 Å². The average Bonchev–Trinajstić information content (AvgIpc) is 2.91. The van der Waals surface area contributed by atoms with E-state index in [0.717, 1.165) is 0 Å². The summed E-state index contributed by atoms with van der Waals surface area (Å²) in [5.41, 5.74) is 3.36. The highest BCUT2D eigenvalue weighted by molar-refractivity contribution is 5.94. The van der Waals surface area contributed by atoms with Crippen molar-refractivity contribution in [1.82, 2.24) is 10.8 Å². The highest BCUT2D eigenvalue weighted by Gasteiger charge is 2.19. The van der Waals surface area contributed by atoms with Gasteiger partial charge in [-0.1, -0.05) is 42.5 Å². The van der Waals surface area contributed by atoms with E-state index in [2.05, 4.69) is 5.32 Å². The number of amides is 2. The SMILES string of the molecule is O=C(CCCC(CCCNC(=O)c1ccccc1)COC(c1cccc(F)c1)c1cccc(F)c1)NO. The van der Waals surface area contributed by atoms with Crippen LogP contribution in [-0.4, -0.2) is 30.2 Å². The number of halogens is 2. The van der Waals surface area contributed by atoms with Crippen molar-refractivity contribution in [3.8, 4) is 0 Å². The minimum atomic E-state index is -0.674. The molecule has 0 aliphatic heterocycles. The molecular formula is C29H32F2N2O4. The molecule has 8 heteroatoms. The monoisotopic (exact) mass is 510 g/mol. The quantitative estimate of drug-likeness (QED) is 0.150. The molecule has 3 aromatic carbocycles. The molecule has 3 aromatic rings. The van der Waals surface area contributed by atoms with Gasteiger partial charge < -0.3 is 10.1 Å². The molecule has 37 heavy (non-hydrogen) atoms. The third-order valence-corrected chi connectivity index (χ3v) is 6.05. The molecule has 0 fully saturated rings. The molecule has 1 atom stereocenters. The number of rotatable bonds is 14. The summed E-state index contributed by atoms with van der Waals surface area (Å²) in [5.74, 6) is -1.42. The lowest BCUT2D eigenvalue weighted by Gasteiger charge is -2.24. The van der Waals surface area contributed by atoms with Crippen LogP contribution in [-0.2, 0) is 9.53 Å². The number of benzene rings is 3. The van der Waals surface area contributed by atoms with Crippen LogP contribution < -0.4 is 10.8 Å². The van der Waals surface area contributed by atoms with E-state index in [0.29, 0.717) is 48.9 Å². The van der Waals surface area contributed by atoms with Gasteiger partial charge >= 0.3 is 0 Å². The van der Waals surface area contributed by atoms with Crippen LogP contribution in [0.1, 0.15) is 59.7 Å². The molecule has 0 spiro atoms. The number of hydroxylamine groups is 1. The second-order valence-corrected chi connectivity index (χ2v) is 8.88. The minimum Gasteiger partial charge on any atom is -0.368 e. The first kappa shape index (κ1) is 28.0. The van der Waals surface area contributed by atoms with Crippen LogP contribution in [0.3, 0.4) is 0 Å². The van der Waals surface area contributed by atoms with E-state index >= 15 is 0 Å². The summed E-state index contributed by atoms with van der Waals surface area (Å²) in [6.45, 7) is 0.754. The predicted molar refractivity (Wildman–Crippen MR) is 136 cm³/mol. The molecule has 0 heterocycles. The molecule has 0 aliphatic rings.